The van der Waals surface area contributed by atoms with E-state index in [-0.39, 0.29) is 34.9 Å². The highest BCUT2D eigenvalue weighted by molar-refractivity contribution is 8.03. The number of rotatable bonds is 8. The molecule has 4 heterocycles. The first-order valence-corrected chi connectivity index (χ1v) is 12.7. The SMILES string of the molecule is CNC1CCN(C(=O)[C@@H]2C[C@H](SC3=C(C(=O)O)N4C(=O)[C@H]([C@@H](C)NC(=O)C(F)F)[C@H]4[C@H]3C)CN2)C1. The van der Waals surface area contributed by atoms with Crippen LogP contribution in [0.1, 0.15) is 26.7 Å². The Morgan fingerprint density at radius 1 is 1.29 bits per heavy atom. The number of carboxylic acid groups (broad SMARTS) is 1. The molecule has 4 N–H and O–H groups in total. The molecule has 35 heavy (non-hydrogen) atoms. The number of hydrogen-bond acceptors (Lipinski definition) is 7. The van der Waals surface area contributed by atoms with Gasteiger partial charge >= 0.3 is 12.4 Å². The number of hydrogen-bond donors (Lipinski definition) is 4. The summed E-state index contributed by atoms with van der Waals surface area (Å²) in [5, 5.41) is 18.4. The first-order chi connectivity index (χ1) is 16.5. The van der Waals surface area contributed by atoms with Crippen LogP contribution in [0.25, 0.3) is 0 Å². The van der Waals surface area contributed by atoms with Gasteiger partial charge in [0.05, 0.1) is 18.0 Å². The number of thioether (sulfide) groups is 1. The molecule has 0 bridgehead atoms. The smallest absolute Gasteiger partial charge is 0.353 e. The van der Waals surface area contributed by atoms with E-state index in [9.17, 15) is 33.1 Å². The summed E-state index contributed by atoms with van der Waals surface area (Å²) < 4.78 is 25.3. The minimum absolute atomic E-state index is 0.0421. The van der Waals surface area contributed by atoms with E-state index in [1.165, 1.54) is 23.6 Å². The number of aliphatic carboxylic acids is 1. The fourth-order valence-electron chi connectivity index (χ4n) is 5.65. The topological polar surface area (TPSA) is 131 Å². The molecule has 0 aliphatic carbocycles. The number of likely N-dealkylation sites (tertiary alicyclic amines) is 1. The minimum atomic E-state index is -3.20. The van der Waals surface area contributed by atoms with Crippen LogP contribution >= 0.6 is 11.8 Å². The van der Waals surface area contributed by atoms with Gasteiger partial charge in [-0.15, -0.1) is 11.8 Å². The monoisotopic (exact) mass is 515 g/mol. The van der Waals surface area contributed by atoms with Crippen LogP contribution in [-0.4, -0.2) is 101 Å². The number of alkyl halides is 2. The molecule has 3 fully saturated rings. The van der Waals surface area contributed by atoms with Crippen molar-refractivity contribution in [3.05, 3.63) is 10.6 Å². The van der Waals surface area contributed by atoms with Crippen LogP contribution in [0.15, 0.2) is 10.6 Å². The third-order valence-electron chi connectivity index (χ3n) is 7.49. The van der Waals surface area contributed by atoms with Gasteiger partial charge in [-0.3, -0.25) is 14.4 Å². The zero-order valence-corrected chi connectivity index (χ0v) is 20.6. The number of carbonyl (C=O) groups is 4. The molecule has 4 rings (SSSR count). The van der Waals surface area contributed by atoms with Gasteiger partial charge in [0.2, 0.25) is 11.8 Å². The second-order valence-electron chi connectivity index (χ2n) is 9.62. The highest BCUT2D eigenvalue weighted by Crippen LogP contribution is 2.51. The summed E-state index contributed by atoms with van der Waals surface area (Å²) in [6, 6.07) is -1.44. The van der Waals surface area contributed by atoms with Gasteiger partial charge in [-0.05, 0) is 26.8 Å². The molecular formula is C22H31F2N5O5S. The second-order valence-corrected chi connectivity index (χ2v) is 11.0. The number of nitrogens with zero attached hydrogens (tertiary/aromatic N) is 2. The lowest BCUT2D eigenvalue weighted by Crippen LogP contribution is -2.66. The Bertz CT molecular complexity index is 949. The van der Waals surface area contributed by atoms with E-state index in [0.717, 1.165) is 6.42 Å². The molecule has 3 amide bonds. The molecule has 0 aromatic heterocycles. The molecule has 4 aliphatic heterocycles. The van der Waals surface area contributed by atoms with Crippen LogP contribution in [0.4, 0.5) is 8.78 Å². The van der Waals surface area contributed by atoms with Crippen LogP contribution in [0, 0.1) is 11.8 Å². The lowest BCUT2D eigenvalue weighted by atomic mass is 9.78. The average Bonchev–Trinajstić information content (AvgIpc) is 3.52. The third-order valence-corrected chi connectivity index (χ3v) is 9.00. The molecular weight excluding hydrogens is 484 g/mol. The quantitative estimate of drug-likeness (QED) is 0.328. The van der Waals surface area contributed by atoms with Gasteiger partial charge in [0, 0.05) is 47.8 Å². The Balaban J connectivity index is 1.43. The number of carbonyl (C=O) groups excluding carboxylic acids is 3. The predicted octanol–water partition coefficient (Wildman–Crippen LogP) is -0.187. The number of β-lactam (4-membered cyclic amide) rings is 1. The van der Waals surface area contributed by atoms with E-state index in [1.807, 2.05) is 18.9 Å². The largest absolute Gasteiger partial charge is 0.477 e. The molecule has 7 atom stereocenters. The van der Waals surface area contributed by atoms with E-state index in [0.29, 0.717) is 31.0 Å². The lowest BCUT2D eigenvalue weighted by molar-refractivity contribution is -0.159. The van der Waals surface area contributed by atoms with Gasteiger partial charge in [0.15, 0.2) is 0 Å². The number of carboxylic acids is 1. The van der Waals surface area contributed by atoms with E-state index < -0.39 is 42.2 Å². The van der Waals surface area contributed by atoms with Gasteiger partial charge in [0.25, 0.3) is 5.91 Å². The van der Waals surface area contributed by atoms with E-state index in [1.54, 1.807) is 0 Å². The fourth-order valence-corrected chi connectivity index (χ4v) is 7.13. The zero-order valence-electron chi connectivity index (χ0n) is 19.8. The maximum Gasteiger partial charge on any atom is 0.353 e. The number of nitrogens with one attached hydrogen (secondary N) is 3. The Kier molecular flexibility index (Phi) is 7.39. The van der Waals surface area contributed by atoms with Crippen LogP contribution in [0.3, 0.4) is 0 Å². The van der Waals surface area contributed by atoms with E-state index in [4.69, 9.17) is 0 Å². The molecule has 0 radical (unpaired) electrons. The normalized spacial score (nSPS) is 33.3. The van der Waals surface area contributed by atoms with Crippen molar-refractivity contribution in [2.75, 3.05) is 26.7 Å². The number of amides is 3. The standard InChI is InChI=1S/C22H31F2N5O5S/c1-9-15-14(10(2)27-19(30)18(23)24)21(32)29(15)16(22(33)34)17(9)35-12-6-13(26-7-12)20(31)28-5-4-11(8-28)25-3/h9-15,18,25-26H,4-8H2,1-3H3,(H,27,30)(H,33,34)/t9-,10-,11?,12+,13+,14-,15-/m1/s1. The average molecular weight is 516 g/mol. The molecule has 0 spiro atoms. The molecule has 4 aliphatic rings. The Morgan fingerprint density at radius 2 is 2.00 bits per heavy atom. The van der Waals surface area contributed by atoms with Gasteiger partial charge in [-0.2, -0.15) is 8.78 Å². The van der Waals surface area contributed by atoms with E-state index in [2.05, 4.69) is 16.0 Å². The van der Waals surface area contributed by atoms with Crippen molar-refractivity contribution in [1.82, 2.24) is 25.8 Å². The third kappa shape index (κ3) is 4.65. The molecule has 0 aromatic carbocycles. The molecule has 10 nitrogen and oxygen atoms in total. The van der Waals surface area contributed by atoms with Crippen molar-refractivity contribution in [2.45, 2.75) is 62.5 Å². The maximum atomic E-state index is 12.9. The molecule has 194 valence electrons. The summed E-state index contributed by atoms with van der Waals surface area (Å²) in [6.07, 6.45) is -1.75. The van der Waals surface area contributed by atoms with Crippen molar-refractivity contribution in [1.29, 1.82) is 0 Å². The number of halogens is 2. The summed E-state index contributed by atoms with van der Waals surface area (Å²) in [4.78, 5) is 52.9. The van der Waals surface area contributed by atoms with Crippen LogP contribution in [0.2, 0.25) is 0 Å². The van der Waals surface area contributed by atoms with Gasteiger partial charge in [-0.1, -0.05) is 6.92 Å². The summed E-state index contributed by atoms with van der Waals surface area (Å²) in [5.74, 6) is -4.27. The van der Waals surface area contributed by atoms with Crippen molar-refractivity contribution >= 4 is 35.5 Å². The zero-order chi connectivity index (χ0) is 25.6. The number of likely N-dealkylation sites (N-methyl/N-ethyl adjacent to an activating group) is 1. The summed E-state index contributed by atoms with van der Waals surface area (Å²) in [7, 11) is 1.88. The maximum absolute atomic E-state index is 12.9. The first kappa shape index (κ1) is 25.8. The minimum Gasteiger partial charge on any atom is -0.477 e. The molecule has 0 saturated carbocycles. The van der Waals surface area contributed by atoms with Gasteiger partial charge in [0.1, 0.15) is 5.70 Å². The summed E-state index contributed by atoms with van der Waals surface area (Å²) >= 11 is 1.36. The molecule has 13 heteroatoms. The predicted molar refractivity (Wildman–Crippen MR) is 123 cm³/mol. The van der Waals surface area contributed by atoms with Gasteiger partial charge < -0.3 is 30.9 Å². The molecule has 3 saturated heterocycles. The molecule has 0 aromatic rings. The first-order valence-electron chi connectivity index (χ1n) is 11.8. The number of fused-ring (bicyclic) bond motifs is 1. The van der Waals surface area contributed by atoms with Crippen LogP contribution < -0.4 is 16.0 Å². The van der Waals surface area contributed by atoms with Crippen molar-refractivity contribution in [2.24, 2.45) is 11.8 Å². The van der Waals surface area contributed by atoms with Crippen molar-refractivity contribution in [3.63, 3.8) is 0 Å². The van der Waals surface area contributed by atoms with Crippen molar-refractivity contribution in [3.8, 4) is 0 Å². The van der Waals surface area contributed by atoms with Crippen molar-refractivity contribution < 1.29 is 33.1 Å². The van der Waals surface area contributed by atoms with E-state index >= 15 is 0 Å². The highest BCUT2D eigenvalue weighted by Gasteiger charge is 2.60. The summed E-state index contributed by atoms with van der Waals surface area (Å²) in [6.45, 7) is 5.18. The van der Waals surface area contributed by atoms with Crippen LogP contribution in [0.5, 0.6) is 0 Å². The lowest BCUT2D eigenvalue weighted by Gasteiger charge is -2.47. The molecule has 1 unspecified atom stereocenters. The Morgan fingerprint density at radius 3 is 2.60 bits per heavy atom. The fraction of sp³-hybridized carbons (Fsp3) is 0.727. The second kappa shape index (κ2) is 10.0. The highest BCUT2D eigenvalue weighted by atomic mass is 32.2. The Hall–Kier alpha value is -2.25. The van der Waals surface area contributed by atoms with Gasteiger partial charge in [-0.25, -0.2) is 4.79 Å². The van der Waals surface area contributed by atoms with Crippen LogP contribution in [-0.2, 0) is 19.2 Å². The Labute approximate surface area is 206 Å². The summed E-state index contributed by atoms with van der Waals surface area (Å²) in [5.41, 5.74) is -0.0904.